The van der Waals surface area contributed by atoms with E-state index in [1.807, 2.05) is 6.92 Å². The number of nitrogens with zero attached hydrogens (tertiary/aromatic N) is 4. The molecule has 0 radical (unpaired) electrons. The molecule has 0 bridgehead atoms. The second-order valence-electron chi connectivity index (χ2n) is 4.37. The molecule has 1 aliphatic heterocycles. The zero-order valence-corrected chi connectivity index (χ0v) is 11.3. The molecule has 0 aromatic carbocycles. The van der Waals surface area contributed by atoms with Gasteiger partial charge in [-0.3, -0.25) is 0 Å². The summed E-state index contributed by atoms with van der Waals surface area (Å²) in [4.78, 5) is 23.8. The lowest BCUT2D eigenvalue weighted by Crippen LogP contribution is -2.49. The molecule has 0 spiro atoms. The molecule has 2 rings (SSSR count). The molecule has 1 amide bonds. The normalized spacial score (nSPS) is 15.5. The summed E-state index contributed by atoms with van der Waals surface area (Å²) in [6.45, 7) is 6.71. The Kier molecular flexibility index (Phi) is 4.03. The summed E-state index contributed by atoms with van der Waals surface area (Å²) in [5.74, 6) is 1.94. The van der Waals surface area contributed by atoms with Crippen LogP contribution in [0.2, 0.25) is 0 Å². The van der Waals surface area contributed by atoms with Crippen molar-refractivity contribution in [2.45, 2.75) is 13.8 Å². The molecule has 1 aliphatic rings. The maximum absolute atomic E-state index is 11.6. The minimum Gasteiger partial charge on any atom is -0.450 e. The third-order valence-corrected chi connectivity index (χ3v) is 2.97. The van der Waals surface area contributed by atoms with Crippen molar-refractivity contribution >= 4 is 17.7 Å². The average Bonchev–Trinajstić information content (AvgIpc) is 2.38. The zero-order chi connectivity index (χ0) is 13.8. The van der Waals surface area contributed by atoms with Crippen molar-refractivity contribution in [1.29, 1.82) is 0 Å². The fourth-order valence-electron chi connectivity index (χ4n) is 2.07. The van der Waals surface area contributed by atoms with Gasteiger partial charge in [0, 0.05) is 32.2 Å². The summed E-state index contributed by atoms with van der Waals surface area (Å²) >= 11 is 0. The van der Waals surface area contributed by atoms with Crippen molar-refractivity contribution in [2.24, 2.45) is 0 Å². The van der Waals surface area contributed by atoms with E-state index in [9.17, 15) is 4.79 Å². The van der Waals surface area contributed by atoms with Crippen LogP contribution in [0.3, 0.4) is 0 Å². The number of piperazine rings is 1. The van der Waals surface area contributed by atoms with E-state index >= 15 is 0 Å². The number of hydrogen-bond donors (Lipinski definition) is 1. The van der Waals surface area contributed by atoms with E-state index in [1.54, 1.807) is 17.9 Å². The monoisotopic (exact) mass is 265 g/mol. The Bertz CT molecular complexity index is 437. The Balaban J connectivity index is 1.97. The number of ether oxygens (including phenoxy) is 1. The minimum atomic E-state index is -0.250. The predicted molar refractivity (Wildman–Crippen MR) is 72.0 cm³/mol. The van der Waals surface area contributed by atoms with E-state index in [-0.39, 0.29) is 6.09 Å². The quantitative estimate of drug-likeness (QED) is 0.845. The maximum atomic E-state index is 11.6. The standard InChI is InChI=1S/C12H19N5O2/c1-3-19-12(18)17-6-4-16(5-7-17)11-8-10(13)14-9(2)15-11/h8H,3-7H2,1-2H3,(H2,13,14,15). The molecule has 19 heavy (non-hydrogen) atoms. The molecule has 0 atom stereocenters. The van der Waals surface area contributed by atoms with E-state index in [1.165, 1.54) is 0 Å². The molecule has 0 aliphatic carbocycles. The lowest BCUT2D eigenvalue weighted by Gasteiger charge is -2.34. The molecule has 1 aromatic heterocycles. The van der Waals surface area contributed by atoms with Gasteiger partial charge in [-0.15, -0.1) is 0 Å². The number of aryl methyl sites for hydroxylation is 1. The maximum Gasteiger partial charge on any atom is 0.409 e. The summed E-state index contributed by atoms with van der Waals surface area (Å²) in [6, 6.07) is 1.76. The van der Waals surface area contributed by atoms with E-state index < -0.39 is 0 Å². The van der Waals surface area contributed by atoms with Gasteiger partial charge in [0.1, 0.15) is 17.5 Å². The van der Waals surface area contributed by atoms with Crippen molar-refractivity contribution in [1.82, 2.24) is 14.9 Å². The van der Waals surface area contributed by atoms with Crippen molar-refractivity contribution in [3.05, 3.63) is 11.9 Å². The first kappa shape index (κ1) is 13.4. The Labute approximate surface area is 112 Å². The molecular formula is C12H19N5O2. The molecule has 7 nitrogen and oxygen atoms in total. The third-order valence-electron chi connectivity index (χ3n) is 2.97. The van der Waals surface area contributed by atoms with Crippen LogP contribution in [-0.2, 0) is 4.74 Å². The molecular weight excluding hydrogens is 246 g/mol. The number of carbonyl (C=O) groups is 1. The molecule has 1 aromatic rings. The summed E-state index contributed by atoms with van der Waals surface area (Å²) in [5.41, 5.74) is 5.72. The number of rotatable bonds is 2. The molecule has 1 saturated heterocycles. The van der Waals surface area contributed by atoms with Gasteiger partial charge in [0.25, 0.3) is 0 Å². The number of aromatic nitrogens is 2. The molecule has 1 fully saturated rings. The minimum absolute atomic E-state index is 0.250. The van der Waals surface area contributed by atoms with Crippen LogP contribution >= 0.6 is 0 Å². The number of amides is 1. The predicted octanol–water partition coefficient (Wildman–Crippen LogP) is 0.646. The number of carbonyl (C=O) groups excluding carboxylic acids is 1. The van der Waals surface area contributed by atoms with Gasteiger partial charge in [-0.1, -0.05) is 0 Å². The van der Waals surface area contributed by atoms with Crippen molar-refractivity contribution < 1.29 is 9.53 Å². The summed E-state index contributed by atoms with van der Waals surface area (Å²) < 4.78 is 4.98. The lowest BCUT2D eigenvalue weighted by molar-refractivity contribution is 0.105. The van der Waals surface area contributed by atoms with Crippen LogP contribution in [0.4, 0.5) is 16.4 Å². The smallest absolute Gasteiger partial charge is 0.409 e. The molecule has 0 saturated carbocycles. The molecule has 7 heteroatoms. The van der Waals surface area contributed by atoms with Crippen LogP contribution in [0, 0.1) is 6.92 Å². The van der Waals surface area contributed by atoms with Crippen LogP contribution < -0.4 is 10.6 Å². The fourth-order valence-corrected chi connectivity index (χ4v) is 2.07. The van der Waals surface area contributed by atoms with Crippen molar-refractivity contribution in [2.75, 3.05) is 43.4 Å². The zero-order valence-electron chi connectivity index (χ0n) is 11.3. The van der Waals surface area contributed by atoms with Crippen LogP contribution in [0.5, 0.6) is 0 Å². The summed E-state index contributed by atoms with van der Waals surface area (Å²) in [6.07, 6.45) is -0.250. The number of anilines is 2. The molecule has 104 valence electrons. The second kappa shape index (κ2) is 5.73. The number of nitrogen functional groups attached to an aromatic ring is 1. The van der Waals surface area contributed by atoms with Crippen LogP contribution in [0.25, 0.3) is 0 Å². The van der Waals surface area contributed by atoms with Crippen LogP contribution in [0.1, 0.15) is 12.7 Å². The fraction of sp³-hybridized carbons (Fsp3) is 0.583. The highest BCUT2D eigenvalue weighted by Gasteiger charge is 2.22. The second-order valence-corrected chi connectivity index (χ2v) is 4.37. The van der Waals surface area contributed by atoms with Gasteiger partial charge >= 0.3 is 6.09 Å². The van der Waals surface area contributed by atoms with Gasteiger partial charge in [0.15, 0.2) is 0 Å². The summed E-state index contributed by atoms with van der Waals surface area (Å²) in [7, 11) is 0. The van der Waals surface area contributed by atoms with Crippen molar-refractivity contribution in [3.63, 3.8) is 0 Å². The highest BCUT2D eigenvalue weighted by atomic mass is 16.6. The van der Waals surface area contributed by atoms with E-state index in [2.05, 4.69) is 14.9 Å². The molecule has 2 heterocycles. The van der Waals surface area contributed by atoms with Gasteiger partial charge in [0.05, 0.1) is 6.61 Å². The number of hydrogen-bond acceptors (Lipinski definition) is 6. The van der Waals surface area contributed by atoms with Crippen LogP contribution in [-0.4, -0.2) is 53.7 Å². The van der Waals surface area contributed by atoms with E-state index in [4.69, 9.17) is 10.5 Å². The Hall–Kier alpha value is -2.05. The molecule has 2 N–H and O–H groups in total. The highest BCUT2D eigenvalue weighted by Crippen LogP contribution is 2.16. The topological polar surface area (TPSA) is 84.6 Å². The first-order chi connectivity index (χ1) is 9.10. The Morgan fingerprint density at radius 2 is 2.05 bits per heavy atom. The summed E-state index contributed by atoms with van der Waals surface area (Å²) in [5, 5.41) is 0. The van der Waals surface area contributed by atoms with Crippen molar-refractivity contribution in [3.8, 4) is 0 Å². The van der Waals surface area contributed by atoms with E-state index in [0.717, 1.165) is 5.82 Å². The van der Waals surface area contributed by atoms with E-state index in [0.29, 0.717) is 44.4 Å². The first-order valence-corrected chi connectivity index (χ1v) is 6.38. The SMILES string of the molecule is CCOC(=O)N1CCN(c2cc(N)nc(C)n2)CC1. The third kappa shape index (κ3) is 3.24. The molecule has 0 unspecified atom stereocenters. The number of nitrogens with two attached hydrogens (primary N) is 1. The largest absolute Gasteiger partial charge is 0.450 e. The van der Waals surface area contributed by atoms with Gasteiger partial charge in [-0.05, 0) is 13.8 Å². The average molecular weight is 265 g/mol. The first-order valence-electron chi connectivity index (χ1n) is 6.38. The lowest BCUT2D eigenvalue weighted by atomic mass is 10.3. The van der Waals surface area contributed by atoms with Gasteiger partial charge in [-0.25, -0.2) is 14.8 Å². The van der Waals surface area contributed by atoms with Crippen LogP contribution in [0.15, 0.2) is 6.07 Å². The van der Waals surface area contributed by atoms with Gasteiger partial charge in [-0.2, -0.15) is 0 Å². The van der Waals surface area contributed by atoms with Gasteiger partial charge in [0.2, 0.25) is 0 Å². The Morgan fingerprint density at radius 3 is 2.63 bits per heavy atom. The van der Waals surface area contributed by atoms with Gasteiger partial charge < -0.3 is 20.3 Å². The highest BCUT2D eigenvalue weighted by molar-refractivity contribution is 5.68. The Morgan fingerprint density at radius 1 is 1.37 bits per heavy atom.